The molecule has 2 N–H and O–H groups in total. The van der Waals surface area contributed by atoms with Gasteiger partial charge in [-0.2, -0.15) is 5.10 Å². The predicted octanol–water partition coefficient (Wildman–Crippen LogP) is 2.52. The third-order valence-corrected chi connectivity index (χ3v) is 4.14. The van der Waals surface area contributed by atoms with Crippen molar-refractivity contribution in [2.45, 2.75) is 38.3 Å². The molecule has 3 rings (SSSR count). The Bertz CT molecular complexity index is 668. The molecule has 1 aliphatic carbocycles. The second-order valence-electron chi connectivity index (χ2n) is 6.00. The molecule has 6 heteroatoms. The summed E-state index contributed by atoms with van der Waals surface area (Å²) < 4.78 is 15.7. The van der Waals surface area contributed by atoms with Crippen LogP contribution in [0.25, 0.3) is 0 Å². The maximum absolute atomic E-state index is 13.8. The molecule has 0 amide bonds. The highest BCUT2D eigenvalue weighted by molar-refractivity contribution is 5.80. The molecule has 24 heavy (non-hydrogen) atoms. The SMILES string of the molecule is CCNC(=NCCCn1cccn1)NC1CC1c1ccccc1F. The van der Waals surface area contributed by atoms with Gasteiger partial charge in [-0.05, 0) is 37.5 Å². The Labute approximate surface area is 142 Å². The molecule has 1 aromatic heterocycles. The van der Waals surface area contributed by atoms with E-state index < -0.39 is 0 Å². The molecule has 1 saturated carbocycles. The summed E-state index contributed by atoms with van der Waals surface area (Å²) in [7, 11) is 0. The van der Waals surface area contributed by atoms with Gasteiger partial charge in [0.25, 0.3) is 0 Å². The van der Waals surface area contributed by atoms with Crippen molar-refractivity contribution in [2.24, 2.45) is 4.99 Å². The molecule has 2 aromatic rings. The maximum Gasteiger partial charge on any atom is 0.191 e. The summed E-state index contributed by atoms with van der Waals surface area (Å²) in [5, 5.41) is 10.8. The van der Waals surface area contributed by atoms with Gasteiger partial charge >= 0.3 is 0 Å². The van der Waals surface area contributed by atoms with Crippen molar-refractivity contribution in [1.82, 2.24) is 20.4 Å². The number of rotatable bonds is 7. The molecule has 1 heterocycles. The molecule has 0 bridgehead atoms. The van der Waals surface area contributed by atoms with E-state index in [1.165, 1.54) is 6.07 Å². The van der Waals surface area contributed by atoms with Gasteiger partial charge in [-0.15, -0.1) is 0 Å². The maximum atomic E-state index is 13.8. The quantitative estimate of drug-likeness (QED) is 0.466. The molecule has 0 aliphatic heterocycles. The number of guanidine groups is 1. The van der Waals surface area contributed by atoms with Gasteiger partial charge in [-0.1, -0.05) is 18.2 Å². The summed E-state index contributed by atoms with van der Waals surface area (Å²) in [5.74, 6) is 0.925. The van der Waals surface area contributed by atoms with E-state index in [1.807, 2.05) is 36.0 Å². The van der Waals surface area contributed by atoms with Crippen LogP contribution in [-0.2, 0) is 6.54 Å². The summed E-state index contributed by atoms with van der Waals surface area (Å²) in [4.78, 5) is 4.60. The van der Waals surface area contributed by atoms with E-state index in [0.29, 0.717) is 0 Å². The van der Waals surface area contributed by atoms with Gasteiger partial charge < -0.3 is 10.6 Å². The van der Waals surface area contributed by atoms with Crippen LogP contribution in [0.1, 0.15) is 31.2 Å². The molecule has 0 radical (unpaired) electrons. The lowest BCUT2D eigenvalue weighted by Crippen LogP contribution is -2.39. The lowest BCUT2D eigenvalue weighted by atomic mass is 10.1. The number of benzene rings is 1. The Hall–Kier alpha value is -2.37. The molecular formula is C18H24FN5. The van der Waals surface area contributed by atoms with Gasteiger partial charge in [-0.3, -0.25) is 9.67 Å². The first-order chi connectivity index (χ1) is 11.8. The average molecular weight is 329 g/mol. The third kappa shape index (κ3) is 4.34. The van der Waals surface area contributed by atoms with Crippen LogP contribution in [0.5, 0.6) is 0 Å². The molecule has 128 valence electrons. The lowest BCUT2D eigenvalue weighted by Gasteiger charge is -2.11. The number of halogens is 1. The normalized spacial score (nSPS) is 20.0. The Morgan fingerprint density at radius 2 is 2.25 bits per heavy atom. The fourth-order valence-electron chi connectivity index (χ4n) is 2.83. The van der Waals surface area contributed by atoms with Crippen LogP contribution in [-0.4, -0.2) is 34.9 Å². The van der Waals surface area contributed by atoms with Gasteiger partial charge in [0.1, 0.15) is 5.82 Å². The molecule has 1 fully saturated rings. The van der Waals surface area contributed by atoms with Crippen LogP contribution >= 0.6 is 0 Å². The summed E-state index contributed by atoms with van der Waals surface area (Å²) in [6, 6.07) is 9.20. The van der Waals surface area contributed by atoms with E-state index in [2.05, 4.69) is 20.7 Å². The van der Waals surface area contributed by atoms with Crippen molar-refractivity contribution < 1.29 is 4.39 Å². The monoisotopic (exact) mass is 329 g/mol. The fourth-order valence-corrected chi connectivity index (χ4v) is 2.83. The molecule has 0 saturated heterocycles. The van der Waals surface area contributed by atoms with Crippen molar-refractivity contribution in [1.29, 1.82) is 0 Å². The first-order valence-corrected chi connectivity index (χ1v) is 8.54. The first kappa shape index (κ1) is 16.5. The van der Waals surface area contributed by atoms with Crippen LogP contribution < -0.4 is 10.6 Å². The van der Waals surface area contributed by atoms with Crippen molar-refractivity contribution in [3.63, 3.8) is 0 Å². The highest BCUT2D eigenvalue weighted by Crippen LogP contribution is 2.41. The second-order valence-corrected chi connectivity index (χ2v) is 6.00. The van der Waals surface area contributed by atoms with Gasteiger partial charge in [0, 0.05) is 44.0 Å². The fraction of sp³-hybridized carbons (Fsp3) is 0.444. The van der Waals surface area contributed by atoms with Crippen LogP contribution in [0.4, 0.5) is 4.39 Å². The Morgan fingerprint density at radius 3 is 3.00 bits per heavy atom. The smallest absolute Gasteiger partial charge is 0.191 e. The van der Waals surface area contributed by atoms with Crippen molar-refractivity contribution in [3.8, 4) is 0 Å². The number of nitrogens with one attached hydrogen (secondary N) is 2. The summed E-state index contributed by atoms with van der Waals surface area (Å²) in [6.45, 7) is 4.44. The predicted molar refractivity (Wildman–Crippen MR) is 93.5 cm³/mol. The van der Waals surface area contributed by atoms with E-state index in [-0.39, 0.29) is 17.8 Å². The molecular weight excluding hydrogens is 305 g/mol. The zero-order valence-corrected chi connectivity index (χ0v) is 14.0. The molecule has 1 aliphatic rings. The average Bonchev–Trinajstić information content (AvgIpc) is 3.13. The summed E-state index contributed by atoms with van der Waals surface area (Å²) in [5.41, 5.74) is 0.796. The van der Waals surface area contributed by atoms with Crippen molar-refractivity contribution in [2.75, 3.05) is 13.1 Å². The second kappa shape index (κ2) is 7.95. The van der Waals surface area contributed by atoms with Gasteiger partial charge in [-0.25, -0.2) is 4.39 Å². The highest BCUT2D eigenvalue weighted by Gasteiger charge is 2.40. The number of nitrogens with zero attached hydrogens (tertiary/aromatic N) is 3. The van der Waals surface area contributed by atoms with Gasteiger partial charge in [0.05, 0.1) is 0 Å². The molecule has 5 nitrogen and oxygen atoms in total. The van der Waals surface area contributed by atoms with Crippen LogP contribution in [0.2, 0.25) is 0 Å². The summed E-state index contributed by atoms with van der Waals surface area (Å²) >= 11 is 0. The largest absolute Gasteiger partial charge is 0.357 e. The standard InChI is InChI=1S/C18H24FN5/c1-2-20-18(21-9-5-11-24-12-6-10-22-24)23-17-13-15(17)14-7-3-4-8-16(14)19/h3-4,6-8,10,12,15,17H,2,5,9,11,13H2,1H3,(H2,20,21,23). The summed E-state index contributed by atoms with van der Waals surface area (Å²) in [6.07, 6.45) is 5.61. The number of aryl methyl sites for hydroxylation is 1. The highest BCUT2D eigenvalue weighted by atomic mass is 19.1. The molecule has 2 atom stereocenters. The number of hydrogen-bond acceptors (Lipinski definition) is 2. The van der Waals surface area contributed by atoms with E-state index >= 15 is 0 Å². The zero-order chi connectivity index (χ0) is 16.8. The van der Waals surface area contributed by atoms with Crippen LogP contribution in [0.15, 0.2) is 47.7 Å². The minimum absolute atomic E-state index is 0.118. The van der Waals surface area contributed by atoms with E-state index in [4.69, 9.17) is 0 Å². The number of aliphatic imine (C=N–C) groups is 1. The minimum Gasteiger partial charge on any atom is -0.357 e. The lowest BCUT2D eigenvalue weighted by molar-refractivity contribution is 0.583. The number of aromatic nitrogens is 2. The van der Waals surface area contributed by atoms with E-state index in [0.717, 1.165) is 44.0 Å². The van der Waals surface area contributed by atoms with Gasteiger partial charge in [0.15, 0.2) is 5.96 Å². The van der Waals surface area contributed by atoms with E-state index in [1.54, 1.807) is 12.3 Å². The third-order valence-electron chi connectivity index (χ3n) is 4.14. The van der Waals surface area contributed by atoms with Gasteiger partial charge in [0.2, 0.25) is 0 Å². The van der Waals surface area contributed by atoms with Crippen LogP contribution in [0, 0.1) is 5.82 Å². The first-order valence-electron chi connectivity index (χ1n) is 8.54. The zero-order valence-electron chi connectivity index (χ0n) is 14.0. The Morgan fingerprint density at radius 1 is 1.38 bits per heavy atom. The van der Waals surface area contributed by atoms with Crippen molar-refractivity contribution in [3.05, 3.63) is 54.1 Å². The Balaban J connectivity index is 1.49. The molecule has 2 unspecified atom stereocenters. The Kier molecular flexibility index (Phi) is 5.46. The van der Waals surface area contributed by atoms with Crippen molar-refractivity contribution >= 4 is 5.96 Å². The topological polar surface area (TPSA) is 54.2 Å². The minimum atomic E-state index is -0.118. The molecule has 1 aromatic carbocycles. The number of hydrogen-bond donors (Lipinski definition) is 2. The van der Waals surface area contributed by atoms with Crippen LogP contribution in [0.3, 0.4) is 0 Å². The molecule has 0 spiro atoms. The van der Waals surface area contributed by atoms with E-state index in [9.17, 15) is 4.39 Å².